The monoisotopic (exact) mass is 444 g/mol. The molecule has 0 aromatic heterocycles. The van der Waals surface area contributed by atoms with Crippen LogP contribution in [-0.2, 0) is 25.1 Å². The number of benzene rings is 2. The lowest BCUT2D eigenvalue weighted by molar-refractivity contribution is -0.139. The lowest BCUT2D eigenvalue weighted by Crippen LogP contribution is -2.48. The standard InChI is InChI=1S/C22H24N2O6S/c1-31(29)11-10-23-21(27)19(12-20(25)26)24-22(28)30-13-18-16-8-4-2-6-14(16)15-7-3-5-9-17(15)18/h2-9,18-19H,10-13H2,1H3,(H,23,27)(H,24,28)(H,25,26). The molecule has 0 bridgehead atoms. The van der Waals surface area contributed by atoms with Gasteiger partial charge in [0.05, 0.1) is 6.42 Å². The third kappa shape index (κ3) is 5.69. The predicted molar refractivity (Wildman–Crippen MR) is 116 cm³/mol. The smallest absolute Gasteiger partial charge is 0.407 e. The van der Waals surface area contributed by atoms with E-state index in [4.69, 9.17) is 9.84 Å². The molecule has 2 aromatic rings. The second kappa shape index (κ2) is 10.2. The van der Waals surface area contributed by atoms with Crippen molar-refractivity contribution in [1.82, 2.24) is 10.6 Å². The molecule has 3 rings (SSSR count). The zero-order valence-corrected chi connectivity index (χ0v) is 17.8. The minimum absolute atomic E-state index is 0.0517. The van der Waals surface area contributed by atoms with Crippen LogP contribution in [-0.4, -0.2) is 58.5 Å². The molecule has 0 heterocycles. The number of nitrogens with one attached hydrogen (secondary N) is 2. The minimum Gasteiger partial charge on any atom is -0.481 e. The van der Waals surface area contributed by atoms with Crippen molar-refractivity contribution in [2.75, 3.05) is 25.2 Å². The summed E-state index contributed by atoms with van der Waals surface area (Å²) in [5.41, 5.74) is 4.26. The van der Waals surface area contributed by atoms with Crippen LogP contribution in [0.5, 0.6) is 0 Å². The largest absolute Gasteiger partial charge is 0.481 e. The van der Waals surface area contributed by atoms with E-state index in [0.29, 0.717) is 0 Å². The summed E-state index contributed by atoms with van der Waals surface area (Å²) in [4.78, 5) is 35.7. The molecule has 164 valence electrons. The van der Waals surface area contributed by atoms with Crippen LogP contribution in [0.25, 0.3) is 11.1 Å². The fourth-order valence-corrected chi connectivity index (χ4v) is 4.00. The number of hydrogen-bond acceptors (Lipinski definition) is 5. The van der Waals surface area contributed by atoms with Gasteiger partial charge in [-0.15, -0.1) is 0 Å². The van der Waals surface area contributed by atoms with Crippen molar-refractivity contribution >= 4 is 28.8 Å². The number of alkyl carbamates (subject to hydrolysis) is 1. The van der Waals surface area contributed by atoms with Crippen molar-refractivity contribution in [1.29, 1.82) is 0 Å². The van der Waals surface area contributed by atoms with Gasteiger partial charge in [-0.25, -0.2) is 4.79 Å². The Bertz CT molecular complexity index is 964. The van der Waals surface area contributed by atoms with Gasteiger partial charge in [-0.1, -0.05) is 48.5 Å². The quantitative estimate of drug-likeness (QED) is 0.543. The van der Waals surface area contributed by atoms with Gasteiger partial charge in [-0.2, -0.15) is 0 Å². The molecular weight excluding hydrogens is 420 g/mol. The Hall–Kier alpha value is -3.20. The maximum absolute atomic E-state index is 12.3. The third-order valence-electron chi connectivity index (χ3n) is 5.02. The number of ether oxygens (including phenoxy) is 1. The van der Waals surface area contributed by atoms with Crippen LogP contribution in [0.4, 0.5) is 4.79 Å². The molecule has 0 aliphatic heterocycles. The van der Waals surface area contributed by atoms with Crippen molar-refractivity contribution < 1.29 is 28.4 Å². The molecule has 8 nitrogen and oxygen atoms in total. The number of amides is 2. The average molecular weight is 445 g/mol. The Morgan fingerprint density at radius 1 is 1.06 bits per heavy atom. The molecule has 2 aromatic carbocycles. The molecule has 2 atom stereocenters. The topological polar surface area (TPSA) is 122 Å². The highest BCUT2D eigenvalue weighted by molar-refractivity contribution is 7.84. The summed E-state index contributed by atoms with van der Waals surface area (Å²) in [5.74, 6) is -1.82. The summed E-state index contributed by atoms with van der Waals surface area (Å²) in [6.45, 7) is 0.167. The van der Waals surface area contributed by atoms with Crippen LogP contribution in [0, 0.1) is 0 Å². The Morgan fingerprint density at radius 2 is 1.65 bits per heavy atom. The van der Waals surface area contributed by atoms with E-state index in [1.54, 1.807) is 0 Å². The molecule has 1 aliphatic rings. The lowest BCUT2D eigenvalue weighted by Gasteiger charge is -2.18. The molecule has 0 spiro atoms. The highest BCUT2D eigenvalue weighted by Gasteiger charge is 2.30. The van der Waals surface area contributed by atoms with Crippen molar-refractivity contribution in [2.24, 2.45) is 0 Å². The van der Waals surface area contributed by atoms with Crippen molar-refractivity contribution in [3.63, 3.8) is 0 Å². The lowest BCUT2D eigenvalue weighted by atomic mass is 9.98. The fourth-order valence-electron chi connectivity index (χ4n) is 3.61. The van der Waals surface area contributed by atoms with Crippen molar-refractivity contribution in [2.45, 2.75) is 18.4 Å². The van der Waals surface area contributed by atoms with E-state index < -0.39 is 41.2 Å². The molecule has 0 saturated heterocycles. The summed E-state index contributed by atoms with van der Waals surface area (Å²) in [5, 5.41) is 13.9. The van der Waals surface area contributed by atoms with Gasteiger partial charge in [0.1, 0.15) is 12.6 Å². The summed E-state index contributed by atoms with van der Waals surface area (Å²) in [6.07, 6.45) is 0.0310. The number of carbonyl (C=O) groups is 3. The predicted octanol–water partition coefficient (Wildman–Crippen LogP) is 1.86. The van der Waals surface area contributed by atoms with E-state index in [-0.39, 0.29) is 24.8 Å². The van der Waals surface area contributed by atoms with Gasteiger partial charge in [0, 0.05) is 35.3 Å². The van der Waals surface area contributed by atoms with Crippen LogP contribution in [0.1, 0.15) is 23.5 Å². The second-order valence-electron chi connectivity index (χ2n) is 7.19. The molecular formula is C22H24N2O6S. The van der Waals surface area contributed by atoms with Gasteiger partial charge < -0.3 is 20.5 Å². The molecule has 0 fully saturated rings. The number of aliphatic carboxylic acids is 1. The van der Waals surface area contributed by atoms with Crippen LogP contribution in [0.15, 0.2) is 48.5 Å². The van der Waals surface area contributed by atoms with E-state index in [0.717, 1.165) is 22.3 Å². The van der Waals surface area contributed by atoms with E-state index in [9.17, 15) is 18.6 Å². The van der Waals surface area contributed by atoms with Gasteiger partial charge in [0.2, 0.25) is 5.91 Å². The third-order valence-corrected chi connectivity index (χ3v) is 5.80. The van der Waals surface area contributed by atoms with Crippen LogP contribution >= 0.6 is 0 Å². The number of rotatable bonds is 9. The Labute approximate surface area is 182 Å². The van der Waals surface area contributed by atoms with Crippen LogP contribution < -0.4 is 10.6 Å². The van der Waals surface area contributed by atoms with Gasteiger partial charge in [0.15, 0.2) is 0 Å². The first-order valence-corrected chi connectivity index (χ1v) is 11.5. The van der Waals surface area contributed by atoms with Gasteiger partial charge in [-0.05, 0) is 22.3 Å². The maximum Gasteiger partial charge on any atom is 0.407 e. The maximum atomic E-state index is 12.3. The number of hydrogen-bond donors (Lipinski definition) is 3. The van der Waals surface area contributed by atoms with E-state index >= 15 is 0 Å². The van der Waals surface area contributed by atoms with Crippen molar-refractivity contribution in [3.8, 4) is 11.1 Å². The van der Waals surface area contributed by atoms with E-state index in [1.165, 1.54) is 6.26 Å². The first-order chi connectivity index (χ1) is 14.9. The molecule has 3 N–H and O–H groups in total. The molecule has 31 heavy (non-hydrogen) atoms. The molecule has 9 heteroatoms. The Morgan fingerprint density at radius 3 is 2.19 bits per heavy atom. The van der Waals surface area contributed by atoms with Crippen molar-refractivity contribution in [3.05, 3.63) is 59.7 Å². The number of fused-ring (bicyclic) bond motifs is 3. The first-order valence-electron chi connectivity index (χ1n) is 9.78. The summed E-state index contributed by atoms with van der Waals surface area (Å²) >= 11 is 0. The SMILES string of the molecule is CS(=O)CCNC(=O)C(CC(=O)O)NC(=O)OCC1c2ccccc2-c2ccccc21. The zero-order chi connectivity index (χ0) is 22.4. The second-order valence-corrected chi connectivity index (χ2v) is 8.74. The number of carbonyl (C=O) groups excluding carboxylic acids is 2. The van der Waals surface area contributed by atoms with Gasteiger partial charge in [0.25, 0.3) is 0 Å². The fraction of sp³-hybridized carbons (Fsp3) is 0.318. The molecule has 2 unspecified atom stereocenters. The van der Waals surface area contributed by atoms with Gasteiger partial charge in [-0.3, -0.25) is 13.8 Å². The normalized spacial score (nSPS) is 14.1. The zero-order valence-electron chi connectivity index (χ0n) is 17.0. The molecule has 1 aliphatic carbocycles. The molecule has 2 amide bonds. The Kier molecular flexibility index (Phi) is 7.41. The minimum atomic E-state index is -1.29. The van der Waals surface area contributed by atoms with E-state index in [2.05, 4.69) is 10.6 Å². The highest BCUT2D eigenvalue weighted by atomic mass is 32.2. The van der Waals surface area contributed by atoms with E-state index in [1.807, 2.05) is 48.5 Å². The Balaban J connectivity index is 1.63. The van der Waals surface area contributed by atoms with Crippen LogP contribution in [0.2, 0.25) is 0 Å². The summed E-state index contributed by atoms with van der Waals surface area (Å²) < 4.78 is 16.5. The average Bonchev–Trinajstić information content (AvgIpc) is 3.05. The number of carboxylic acid groups (broad SMARTS) is 1. The summed E-state index contributed by atoms with van der Waals surface area (Å²) in [7, 11) is -1.10. The molecule has 0 radical (unpaired) electrons. The summed E-state index contributed by atoms with van der Waals surface area (Å²) in [6, 6.07) is 14.5. The number of carboxylic acids is 1. The first kappa shape index (κ1) is 22.5. The van der Waals surface area contributed by atoms with Crippen LogP contribution in [0.3, 0.4) is 0 Å². The highest BCUT2D eigenvalue weighted by Crippen LogP contribution is 2.44. The van der Waals surface area contributed by atoms with Gasteiger partial charge >= 0.3 is 12.1 Å². The molecule has 0 saturated carbocycles.